The van der Waals surface area contributed by atoms with Gasteiger partial charge in [0.05, 0.1) is 17.6 Å². The van der Waals surface area contributed by atoms with Gasteiger partial charge in [-0.3, -0.25) is 4.90 Å². The van der Waals surface area contributed by atoms with Gasteiger partial charge in [0.25, 0.3) is 0 Å². The fourth-order valence-electron chi connectivity index (χ4n) is 5.25. The molecular formula is C31H39F2N5. The van der Waals surface area contributed by atoms with Gasteiger partial charge in [0.15, 0.2) is 17.5 Å². The molecule has 202 valence electrons. The molecule has 1 fully saturated rings. The highest BCUT2D eigenvalue weighted by Gasteiger charge is 2.28. The van der Waals surface area contributed by atoms with Gasteiger partial charge < -0.3 is 10.3 Å². The summed E-state index contributed by atoms with van der Waals surface area (Å²) in [5.74, 6) is 0.415. The molecule has 2 N–H and O–H groups in total. The number of imidazole rings is 1. The molecule has 1 aliphatic carbocycles. The Morgan fingerprint density at radius 2 is 1.74 bits per heavy atom. The maximum atomic E-state index is 15.6. The van der Waals surface area contributed by atoms with Gasteiger partial charge in [-0.25, -0.2) is 18.7 Å². The van der Waals surface area contributed by atoms with E-state index in [9.17, 15) is 0 Å². The molecule has 7 heteroatoms. The van der Waals surface area contributed by atoms with Gasteiger partial charge in [0.2, 0.25) is 0 Å². The summed E-state index contributed by atoms with van der Waals surface area (Å²) in [4.78, 5) is 11.6. The monoisotopic (exact) mass is 519 g/mol. The van der Waals surface area contributed by atoms with Crippen LogP contribution in [0.2, 0.25) is 0 Å². The highest BCUT2D eigenvalue weighted by Crippen LogP contribution is 2.34. The second-order valence-corrected chi connectivity index (χ2v) is 11.8. The Hall–Kier alpha value is -3.06. The van der Waals surface area contributed by atoms with Crippen molar-refractivity contribution in [2.45, 2.75) is 84.8 Å². The zero-order chi connectivity index (χ0) is 27.0. The summed E-state index contributed by atoms with van der Waals surface area (Å²) < 4.78 is 33.2. The van der Waals surface area contributed by atoms with Gasteiger partial charge in [-0.05, 0) is 52.1 Å². The van der Waals surface area contributed by atoms with Crippen molar-refractivity contribution in [3.05, 3.63) is 65.0 Å². The highest BCUT2D eigenvalue weighted by atomic mass is 19.2. The van der Waals surface area contributed by atoms with E-state index in [2.05, 4.69) is 37.6 Å². The molecule has 0 atom stereocenters. The molecule has 4 aromatic rings. The van der Waals surface area contributed by atoms with Crippen molar-refractivity contribution < 1.29 is 8.78 Å². The van der Waals surface area contributed by atoms with E-state index >= 15 is 8.78 Å². The predicted molar refractivity (Wildman–Crippen MR) is 151 cm³/mol. The summed E-state index contributed by atoms with van der Waals surface area (Å²) in [5.41, 5.74) is 9.08. The molecule has 0 saturated heterocycles. The molecule has 0 spiro atoms. The van der Waals surface area contributed by atoms with Gasteiger partial charge in [-0.1, -0.05) is 56.5 Å². The van der Waals surface area contributed by atoms with Crippen LogP contribution in [-0.4, -0.2) is 31.5 Å². The number of nitrogen functional groups attached to an aromatic ring is 1. The van der Waals surface area contributed by atoms with Crippen LogP contribution in [0.15, 0.2) is 36.4 Å². The topological polar surface area (TPSA) is 60.0 Å². The van der Waals surface area contributed by atoms with E-state index in [0.29, 0.717) is 29.0 Å². The van der Waals surface area contributed by atoms with E-state index in [1.54, 1.807) is 12.1 Å². The first-order chi connectivity index (χ1) is 18.2. The molecule has 2 aromatic carbocycles. The van der Waals surface area contributed by atoms with Gasteiger partial charge in [0.1, 0.15) is 11.3 Å². The maximum Gasteiger partial charge on any atom is 0.164 e. The number of unbranched alkanes of at least 4 members (excludes halogenated alkanes) is 1. The molecule has 0 amide bonds. The standard InChI is InChI=1S/C31H39F2N5/c1-5-6-11-25-36-28-29(23-9-7-8-10-24(23)35-30(28)34)38(25)19-22-15-14-21(26(32)27(22)33)18-37(31(2,3)4)17-16-20-12-13-20/h7-10,14-15,20H,5-6,11-13,16-19H2,1-4H3,(H2,34,35). The molecular weight excluding hydrogens is 480 g/mol. The minimum atomic E-state index is -0.784. The number of hydrogen-bond acceptors (Lipinski definition) is 4. The highest BCUT2D eigenvalue weighted by molar-refractivity contribution is 6.06. The Morgan fingerprint density at radius 1 is 1.03 bits per heavy atom. The quantitative estimate of drug-likeness (QED) is 0.240. The lowest BCUT2D eigenvalue weighted by Crippen LogP contribution is -2.41. The number of benzene rings is 2. The first kappa shape index (κ1) is 26.5. The minimum absolute atomic E-state index is 0.130. The number of aromatic nitrogens is 3. The average molecular weight is 520 g/mol. The van der Waals surface area contributed by atoms with Crippen molar-refractivity contribution >= 4 is 27.8 Å². The van der Waals surface area contributed by atoms with Crippen molar-refractivity contribution in [3.8, 4) is 0 Å². The summed E-state index contributed by atoms with van der Waals surface area (Å²) in [6.45, 7) is 9.98. The zero-order valence-corrected chi connectivity index (χ0v) is 23.0. The van der Waals surface area contributed by atoms with E-state index in [4.69, 9.17) is 10.7 Å². The molecule has 0 bridgehead atoms. The molecule has 0 unspecified atom stereocenters. The summed E-state index contributed by atoms with van der Waals surface area (Å²) >= 11 is 0. The lowest BCUT2D eigenvalue weighted by Gasteiger charge is -2.36. The normalized spacial score (nSPS) is 14.3. The molecule has 2 heterocycles. The molecule has 1 aliphatic rings. The summed E-state index contributed by atoms with van der Waals surface area (Å²) in [6.07, 6.45) is 6.35. The third-order valence-corrected chi connectivity index (χ3v) is 7.83. The molecule has 0 aliphatic heterocycles. The number of fused-ring (bicyclic) bond motifs is 3. The van der Waals surface area contributed by atoms with Crippen molar-refractivity contribution in [2.24, 2.45) is 5.92 Å². The van der Waals surface area contributed by atoms with Crippen LogP contribution in [0, 0.1) is 17.6 Å². The maximum absolute atomic E-state index is 15.6. The number of nitrogens with two attached hydrogens (primary N) is 1. The third kappa shape index (κ3) is 5.39. The summed E-state index contributed by atoms with van der Waals surface area (Å²) in [7, 11) is 0. The number of pyridine rings is 1. The molecule has 2 aromatic heterocycles. The van der Waals surface area contributed by atoms with E-state index in [1.807, 2.05) is 28.8 Å². The largest absolute Gasteiger partial charge is 0.382 e. The number of para-hydroxylation sites is 1. The van der Waals surface area contributed by atoms with Crippen LogP contribution in [0.3, 0.4) is 0 Å². The van der Waals surface area contributed by atoms with Crippen molar-refractivity contribution in [1.29, 1.82) is 0 Å². The number of hydrogen-bond donors (Lipinski definition) is 1. The van der Waals surface area contributed by atoms with Crippen LogP contribution in [0.1, 0.15) is 76.8 Å². The average Bonchev–Trinajstić information content (AvgIpc) is 3.64. The Morgan fingerprint density at radius 3 is 2.45 bits per heavy atom. The Bertz CT molecular complexity index is 1450. The fourth-order valence-corrected chi connectivity index (χ4v) is 5.25. The Balaban J connectivity index is 1.51. The predicted octanol–water partition coefficient (Wildman–Crippen LogP) is 7.24. The summed E-state index contributed by atoms with van der Waals surface area (Å²) in [5, 5.41) is 0.904. The van der Waals surface area contributed by atoms with Crippen LogP contribution in [0.4, 0.5) is 14.6 Å². The van der Waals surface area contributed by atoms with Crippen LogP contribution in [0.5, 0.6) is 0 Å². The van der Waals surface area contributed by atoms with E-state index in [-0.39, 0.29) is 12.1 Å². The van der Waals surface area contributed by atoms with E-state index in [1.165, 1.54) is 12.8 Å². The smallest absolute Gasteiger partial charge is 0.164 e. The minimum Gasteiger partial charge on any atom is -0.382 e. The molecule has 0 radical (unpaired) electrons. The van der Waals surface area contributed by atoms with Crippen LogP contribution < -0.4 is 5.73 Å². The van der Waals surface area contributed by atoms with E-state index in [0.717, 1.165) is 60.4 Å². The SMILES string of the molecule is CCCCc1nc2c(N)nc3ccccc3c2n1Cc1ccc(CN(CCC2CC2)C(C)(C)C)c(F)c1F. The molecule has 5 nitrogen and oxygen atoms in total. The first-order valence-electron chi connectivity index (χ1n) is 13.9. The van der Waals surface area contributed by atoms with Gasteiger partial charge in [-0.15, -0.1) is 0 Å². The second kappa shape index (κ2) is 10.6. The molecule has 1 saturated carbocycles. The van der Waals surface area contributed by atoms with Gasteiger partial charge in [-0.2, -0.15) is 0 Å². The van der Waals surface area contributed by atoms with Gasteiger partial charge >= 0.3 is 0 Å². The molecule has 38 heavy (non-hydrogen) atoms. The number of rotatable bonds is 10. The Kier molecular flexibility index (Phi) is 7.40. The molecule has 5 rings (SSSR count). The number of halogens is 2. The lowest BCUT2D eigenvalue weighted by atomic mass is 10.0. The van der Waals surface area contributed by atoms with Crippen LogP contribution in [-0.2, 0) is 19.5 Å². The van der Waals surface area contributed by atoms with E-state index < -0.39 is 11.6 Å². The van der Waals surface area contributed by atoms with Crippen LogP contribution in [0.25, 0.3) is 21.9 Å². The third-order valence-electron chi connectivity index (χ3n) is 7.83. The fraction of sp³-hybridized carbons (Fsp3) is 0.484. The number of nitrogens with zero attached hydrogens (tertiary/aromatic N) is 4. The second-order valence-electron chi connectivity index (χ2n) is 11.8. The lowest BCUT2D eigenvalue weighted by molar-refractivity contribution is 0.121. The van der Waals surface area contributed by atoms with Crippen molar-refractivity contribution in [2.75, 3.05) is 12.3 Å². The number of aryl methyl sites for hydroxylation is 1. The first-order valence-corrected chi connectivity index (χ1v) is 13.9. The number of anilines is 1. The van der Waals surface area contributed by atoms with Crippen molar-refractivity contribution in [1.82, 2.24) is 19.4 Å². The zero-order valence-electron chi connectivity index (χ0n) is 23.0. The van der Waals surface area contributed by atoms with Crippen LogP contribution >= 0.6 is 0 Å². The Labute approximate surface area is 224 Å². The van der Waals surface area contributed by atoms with Crippen molar-refractivity contribution in [3.63, 3.8) is 0 Å². The summed E-state index contributed by atoms with van der Waals surface area (Å²) in [6, 6.07) is 11.2. The van der Waals surface area contributed by atoms with Gasteiger partial charge in [0, 0.05) is 35.0 Å².